The van der Waals surface area contributed by atoms with Gasteiger partial charge in [-0.15, -0.1) is 5.73 Å². The lowest BCUT2D eigenvalue weighted by Crippen LogP contribution is -2.18. The van der Waals surface area contributed by atoms with Gasteiger partial charge in [0.1, 0.15) is 5.75 Å². The molecule has 0 saturated heterocycles. The Morgan fingerprint density at radius 2 is 1.78 bits per heavy atom. The molecule has 0 heterocycles. The summed E-state index contributed by atoms with van der Waals surface area (Å²) in [7, 11) is 1.65. The van der Waals surface area contributed by atoms with E-state index in [0.717, 1.165) is 22.5 Å². The van der Waals surface area contributed by atoms with Crippen LogP contribution in [0.25, 0.3) is 5.57 Å². The Morgan fingerprint density at radius 3 is 2.17 bits per heavy atom. The number of hydrogen-bond acceptors (Lipinski definition) is 2. The van der Waals surface area contributed by atoms with Crippen molar-refractivity contribution in [1.82, 2.24) is 0 Å². The van der Waals surface area contributed by atoms with Crippen molar-refractivity contribution in [3.8, 4) is 5.75 Å². The topological polar surface area (TPSA) is 29.5 Å². The van der Waals surface area contributed by atoms with Gasteiger partial charge < -0.3 is 9.84 Å². The fourth-order valence-electron chi connectivity index (χ4n) is 1.72. The number of benzene rings is 1. The van der Waals surface area contributed by atoms with Crippen molar-refractivity contribution in [3.05, 3.63) is 41.1 Å². The average Bonchev–Trinajstić information content (AvgIpc) is 2.36. The van der Waals surface area contributed by atoms with Crippen molar-refractivity contribution in [2.45, 2.75) is 27.7 Å². The lowest BCUT2D eigenvalue weighted by Gasteiger charge is -2.24. The molecule has 0 bridgehead atoms. The molecule has 0 aliphatic rings. The third kappa shape index (κ3) is 3.49. The summed E-state index contributed by atoms with van der Waals surface area (Å²) in [6.45, 7) is 8.15. The zero-order chi connectivity index (χ0) is 13.8. The summed E-state index contributed by atoms with van der Waals surface area (Å²) >= 11 is 0. The van der Waals surface area contributed by atoms with Crippen LogP contribution >= 0.6 is 0 Å². The highest BCUT2D eigenvalue weighted by molar-refractivity contribution is 5.70. The van der Waals surface area contributed by atoms with Crippen LogP contribution in [0.1, 0.15) is 33.3 Å². The highest BCUT2D eigenvalue weighted by Crippen LogP contribution is 2.34. The third-order valence-electron chi connectivity index (χ3n) is 2.83. The molecule has 1 N–H and O–H groups in total. The largest absolute Gasteiger partial charge is 0.497 e. The molecule has 98 valence electrons. The van der Waals surface area contributed by atoms with E-state index in [0.29, 0.717) is 0 Å². The molecule has 1 rings (SSSR count). The number of methoxy groups -OCH3 is 1. The average molecular weight is 246 g/mol. The van der Waals surface area contributed by atoms with Crippen LogP contribution in [0.5, 0.6) is 5.75 Å². The molecule has 0 fully saturated rings. The first-order chi connectivity index (χ1) is 8.40. The van der Waals surface area contributed by atoms with Gasteiger partial charge in [0.05, 0.1) is 13.7 Å². The Hall–Kier alpha value is -1.50. The molecule has 1 aromatic rings. The first kappa shape index (κ1) is 14.6. The van der Waals surface area contributed by atoms with E-state index in [2.05, 4.69) is 5.73 Å². The Bertz CT molecular complexity index is 456. The molecule has 0 spiro atoms. The van der Waals surface area contributed by atoms with Gasteiger partial charge in [-0.25, -0.2) is 0 Å². The lowest BCUT2D eigenvalue weighted by atomic mass is 9.81. The van der Waals surface area contributed by atoms with Crippen LogP contribution in [0, 0.1) is 5.41 Å². The van der Waals surface area contributed by atoms with Gasteiger partial charge in [0.15, 0.2) is 0 Å². The minimum absolute atomic E-state index is 0.0919. The molecule has 0 aliphatic carbocycles. The molecule has 0 aromatic heterocycles. The molecule has 0 radical (unpaired) electrons. The predicted octanol–water partition coefficient (Wildman–Crippen LogP) is 3.66. The van der Waals surface area contributed by atoms with E-state index >= 15 is 0 Å². The smallest absolute Gasteiger partial charge is 0.118 e. The summed E-state index contributed by atoms with van der Waals surface area (Å²) < 4.78 is 5.16. The molecule has 2 nitrogen and oxygen atoms in total. The van der Waals surface area contributed by atoms with Gasteiger partial charge in [0.2, 0.25) is 0 Å². The maximum absolute atomic E-state index is 9.54. The van der Waals surface area contributed by atoms with Crippen LogP contribution < -0.4 is 4.74 Å². The van der Waals surface area contributed by atoms with E-state index < -0.39 is 0 Å². The van der Waals surface area contributed by atoms with Gasteiger partial charge in [-0.2, -0.15) is 0 Å². The SMILES string of the molecule is COc1ccc(C(=C=C(C)C)C(C)(C)CO)cc1. The fraction of sp³-hybridized carbons (Fsp3) is 0.438. The van der Waals surface area contributed by atoms with Crippen LogP contribution in [0.3, 0.4) is 0 Å². The van der Waals surface area contributed by atoms with Crippen molar-refractivity contribution in [3.63, 3.8) is 0 Å². The fourth-order valence-corrected chi connectivity index (χ4v) is 1.72. The van der Waals surface area contributed by atoms with Crippen LogP contribution in [0.2, 0.25) is 0 Å². The standard InChI is InChI=1S/C16H22O2/c1-12(2)10-15(16(3,4)11-17)13-6-8-14(18-5)9-7-13/h6-9,17H,11H2,1-5H3. The molecule has 0 aliphatic heterocycles. The summed E-state index contributed by atoms with van der Waals surface area (Å²) in [4.78, 5) is 0. The number of ether oxygens (including phenoxy) is 1. The molecular weight excluding hydrogens is 224 g/mol. The first-order valence-corrected chi connectivity index (χ1v) is 6.10. The van der Waals surface area contributed by atoms with Gasteiger partial charge in [-0.3, -0.25) is 0 Å². The van der Waals surface area contributed by atoms with Gasteiger partial charge >= 0.3 is 0 Å². The minimum Gasteiger partial charge on any atom is -0.497 e. The monoisotopic (exact) mass is 246 g/mol. The lowest BCUT2D eigenvalue weighted by molar-refractivity contribution is 0.207. The minimum atomic E-state index is -0.314. The third-order valence-corrected chi connectivity index (χ3v) is 2.83. The molecule has 18 heavy (non-hydrogen) atoms. The Labute approximate surface area is 110 Å². The molecule has 0 amide bonds. The summed E-state index contributed by atoms with van der Waals surface area (Å²) in [6, 6.07) is 7.86. The van der Waals surface area contributed by atoms with Crippen LogP contribution in [0.4, 0.5) is 0 Å². The van der Waals surface area contributed by atoms with Gasteiger partial charge in [-0.1, -0.05) is 26.0 Å². The predicted molar refractivity (Wildman–Crippen MR) is 75.6 cm³/mol. The quantitative estimate of drug-likeness (QED) is 0.821. The Balaban J connectivity index is 3.32. The molecule has 0 unspecified atom stereocenters. The summed E-state index contributed by atoms with van der Waals surface area (Å²) in [5.41, 5.74) is 6.23. The molecule has 1 aromatic carbocycles. The Morgan fingerprint density at radius 1 is 1.22 bits per heavy atom. The van der Waals surface area contributed by atoms with Gasteiger partial charge in [-0.05, 0) is 37.1 Å². The van der Waals surface area contributed by atoms with E-state index in [1.165, 1.54) is 0 Å². The van der Waals surface area contributed by atoms with E-state index in [-0.39, 0.29) is 12.0 Å². The van der Waals surface area contributed by atoms with Crippen LogP contribution in [-0.2, 0) is 0 Å². The maximum atomic E-state index is 9.54. The number of aliphatic hydroxyl groups is 1. The van der Waals surface area contributed by atoms with E-state index in [9.17, 15) is 5.11 Å². The normalized spacial score (nSPS) is 10.8. The number of aliphatic hydroxyl groups excluding tert-OH is 1. The van der Waals surface area contributed by atoms with Crippen LogP contribution in [0.15, 0.2) is 35.6 Å². The summed E-state index contributed by atoms with van der Waals surface area (Å²) in [5, 5.41) is 9.54. The second-order valence-corrected chi connectivity index (χ2v) is 5.27. The van der Waals surface area contributed by atoms with Crippen molar-refractivity contribution < 1.29 is 9.84 Å². The van der Waals surface area contributed by atoms with Gasteiger partial charge in [0.25, 0.3) is 0 Å². The van der Waals surface area contributed by atoms with Crippen molar-refractivity contribution in [2.24, 2.45) is 5.41 Å². The first-order valence-electron chi connectivity index (χ1n) is 6.10. The van der Waals surface area contributed by atoms with E-state index in [4.69, 9.17) is 4.74 Å². The van der Waals surface area contributed by atoms with Crippen molar-refractivity contribution in [1.29, 1.82) is 0 Å². The van der Waals surface area contributed by atoms with E-state index in [1.54, 1.807) is 7.11 Å². The van der Waals surface area contributed by atoms with E-state index in [1.807, 2.05) is 52.0 Å². The number of hydrogen-bond donors (Lipinski definition) is 1. The highest BCUT2D eigenvalue weighted by Gasteiger charge is 2.23. The maximum Gasteiger partial charge on any atom is 0.118 e. The van der Waals surface area contributed by atoms with Crippen LogP contribution in [-0.4, -0.2) is 18.8 Å². The number of rotatable bonds is 4. The van der Waals surface area contributed by atoms with Crippen molar-refractivity contribution in [2.75, 3.05) is 13.7 Å². The second-order valence-electron chi connectivity index (χ2n) is 5.27. The summed E-state index contributed by atoms with van der Waals surface area (Å²) in [6.07, 6.45) is 0. The molecule has 0 atom stereocenters. The molecule has 0 saturated carbocycles. The summed E-state index contributed by atoms with van der Waals surface area (Å²) in [5.74, 6) is 0.831. The van der Waals surface area contributed by atoms with Crippen molar-refractivity contribution >= 4 is 5.57 Å². The second kappa shape index (κ2) is 5.90. The Kier molecular flexibility index (Phi) is 4.77. The molecule has 2 heteroatoms. The van der Waals surface area contributed by atoms with Gasteiger partial charge in [0, 0.05) is 11.0 Å². The zero-order valence-electron chi connectivity index (χ0n) is 11.9. The zero-order valence-corrected chi connectivity index (χ0v) is 11.9. The molecular formula is C16H22O2. The highest BCUT2D eigenvalue weighted by atomic mass is 16.5.